The van der Waals surface area contributed by atoms with Gasteiger partial charge in [-0.05, 0) is 48.8 Å². The van der Waals surface area contributed by atoms with Gasteiger partial charge in [-0.15, -0.1) is 0 Å². The molecule has 2 N–H and O–H groups in total. The predicted octanol–water partition coefficient (Wildman–Crippen LogP) is 3.52. The molecule has 3 rings (SSSR count). The third kappa shape index (κ3) is 3.77. The van der Waals surface area contributed by atoms with Crippen molar-refractivity contribution in [3.05, 3.63) is 28.7 Å². The number of imide groups is 1. The predicted molar refractivity (Wildman–Crippen MR) is 103 cm³/mol. The van der Waals surface area contributed by atoms with Gasteiger partial charge in [0.1, 0.15) is 12.1 Å². The van der Waals surface area contributed by atoms with Crippen molar-refractivity contribution in [2.45, 2.75) is 45.6 Å². The lowest BCUT2D eigenvalue weighted by atomic mass is 9.64. The summed E-state index contributed by atoms with van der Waals surface area (Å²) in [7, 11) is 0. The number of rotatable bonds is 3. The van der Waals surface area contributed by atoms with Crippen molar-refractivity contribution in [1.29, 1.82) is 0 Å². The fourth-order valence-electron chi connectivity index (χ4n) is 4.56. The first-order valence-electron chi connectivity index (χ1n) is 8.80. The Morgan fingerprint density at radius 2 is 2.08 bits per heavy atom. The summed E-state index contributed by atoms with van der Waals surface area (Å²) in [5.41, 5.74) is -0.303. The molecule has 1 aromatic rings. The van der Waals surface area contributed by atoms with Crippen LogP contribution in [0.5, 0.6) is 0 Å². The van der Waals surface area contributed by atoms with Gasteiger partial charge in [-0.25, -0.2) is 4.79 Å². The van der Waals surface area contributed by atoms with Gasteiger partial charge >= 0.3 is 6.03 Å². The first kappa shape index (κ1) is 18.9. The maximum absolute atomic E-state index is 13.0. The van der Waals surface area contributed by atoms with Crippen LogP contribution in [0.2, 0.25) is 0 Å². The number of nitrogens with one attached hydrogen (secondary N) is 2. The Bertz CT molecular complexity index is 764. The molecule has 1 aliphatic heterocycles. The summed E-state index contributed by atoms with van der Waals surface area (Å²) in [6.07, 6.45) is 2.23. The highest BCUT2D eigenvalue weighted by Gasteiger charge is 2.56. The molecule has 2 aliphatic rings. The van der Waals surface area contributed by atoms with E-state index in [9.17, 15) is 14.4 Å². The van der Waals surface area contributed by atoms with Crippen LogP contribution >= 0.6 is 15.9 Å². The van der Waals surface area contributed by atoms with E-state index in [2.05, 4.69) is 47.3 Å². The molecule has 1 saturated carbocycles. The first-order valence-corrected chi connectivity index (χ1v) is 9.59. The van der Waals surface area contributed by atoms with E-state index in [1.54, 1.807) is 18.2 Å². The van der Waals surface area contributed by atoms with Crippen molar-refractivity contribution in [3.63, 3.8) is 0 Å². The zero-order chi connectivity index (χ0) is 19.1. The summed E-state index contributed by atoms with van der Waals surface area (Å²) in [6, 6.07) is 6.68. The number of anilines is 1. The molecule has 0 bridgehead atoms. The average Bonchev–Trinajstić information content (AvgIpc) is 2.68. The van der Waals surface area contributed by atoms with Crippen LogP contribution < -0.4 is 10.6 Å². The van der Waals surface area contributed by atoms with E-state index < -0.39 is 17.5 Å². The second-order valence-corrected chi connectivity index (χ2v) is 9.23. The molecule has 1 heterocycles. The number of benzene rings is 1. The number of carbonyl (C=O) groups is 3. The zero-order valence-electron chi connectivity index (χ0n) is 15.3. The van der Waals surface area contributed by atoms with Crippen LogP contribution in [-0.4, -0.2) is 34.8 Å². The number of urea groups is 1. The van der Waals surface area contributed by atoms with Crippen molar-refractivity contribution >= 4 is 39.5 Å². The SMILES string of the molecule is C[C@H]1CC(C)(C)C[C@]2(C1)NC(=O)N(CC(=O)Nc1cccc(Br)c1)C2=O. The molecular weight excluding hydrogens is 398 g/mol. The van der Waals surface area contributed by atoms with Crippen molar-refractivity contribution in [3.8, 4) is 0 Å². The summed E-state index contributed by atoms with van der Waals surface area (Å²) in [6.45, 7) is 6.05. The Morgan fingerprint density at radius 1 is 1.35 bits per heavy atom. The molecule has 0 unspecified atom stereocenters. The summed E-state index contributed by atoms with van der Waals surface area (Å²) in [4.78, 5) is 38.8. The van der Waals surface area contributed by atoms with Gasteiger partial charge in [0, 0.05) is 10.2 Å². The third-order valence-corrected chi connectivity index (χ3v) is 5.53. The van der Waals surface area contributed by atoms with E-state index in [4.69, 9.17) is 0 Å². The van der Waals surface area contributed by atoms with E-state index in [0.717, 1.165) is 15.8 Å². The fourth-order valence-corrected chi connectivity index (χ4v) is 4.96. The molecular formula is C19H24BrN3O3. The molecule has 4 amide bonds. The van der Waals surface area contributed by atoms with Gasteiger partial charge in [0.05, 0.1) is 0 Å². The largest absolute Gasteiger partial charge is 0.325 e. The third-order valence-electron chi connectivity index (χ3n) is 5.03. The van der Waals surface area contributed by atoms with Gasteiger partial charge in [0.2, 0.25) is 5.91 Å². The Hall–Kier alpha value is -1.89. The second kappa shape index (κ2) is 6.68. The van der Waals surface area contributed by atoms with Gasteiger partial charge in [-0.3, -0.25) is 14.5 Å². The lowest BCUT2D eigenvalue weighted by molar-refractivity contribution is -0.136. The molecule has 1 saturated heterocycles. The first-order chi connectivity index (χ1) is 12.1. The second-order valence-electron chi connectivity index (χ2n) is 8.32. The molecule has 0 radical (unpaired) electrons. The normalized spacial score (nSPS) is 27.5. The summed E-state index contributed by atoms with van der Waals surface area (Å²) < 4.78 is 0.836. The van der Waals surface area contributed by atoms with Crippen LogP contribution in [0.1, 0.15) is 40.0 Å². The zero-order valence-corrected chi connectivity index (χ0v) is 16.9. The van der Waals surface area contributed by atoms with Crippen LogP contribution in [0.25, 0.3) is 0 Å². The van der Waals surface area contributed by atoms with Crippen molar-refractivity contribution < 1.29 is 14.4 Å². The number of amides is 4. The summed E-state index contributed by atoms with van der Waals surface area (Å²) >= 11 is 3.34. The maximum Gasteiger partial charge on any atom is 0.325 e. The van der Waals surface area contributed by atoms with Crippen molar-refractivity contribution in [2.24, 2.45) is 11.3 Å². The van der Waals surface area contributed by atoms with Gasteiger partial charge in [0.25, 0.3) is 5.91 Å². The highest BCUT2D eigenvalue weighted by atomic mass is 79.9. The quantitative estimate of drug-likeness (QED) is 0.732. The Labute approximate surface area is 161 Å². The number of nitrogens with zero attached hydrogens (tertiary/aromatic N) is 1. The van der Waals surface area contributed by atoms with Crippen LogP contribution in [0.15, 0.2) is 28.7 Å². The van der Waals surface area contributed by atoms with Crippen LogP contribution in [0.3, 0.4) is 0 Å². The minimum atomic E-state index is -0.881. The van der Waals surface area contributed by atoms with Gasteiger partial charge in [-0.2, -0.15) is 0 Å². The van der Waals surface area contributed by atoms with Crippen molar-refractivity contribution in [2.75, 3.05) is 11.9 Å². The highest BCUT2D eigenvalue weighted by molar-refractivity contribution is 9.10. The Morgan fingerprint density at radius 3 is 2.73 bits per heavy atom. The fraction of sp³-hybridized carbons (Fsp3) is 0.526. The van der Waals surface area contributed by atoms with Crippen LogP contribution in [-0.2, 0) is 9.59 Å². The average molecular weight is 422 g/mol. The summed E-state index contributed by atoms with van der Waals surface area (Å²) in [5, 5.41) is 5.61. The lowest BCUT2D eigenvalue weighted by Crippen LogP contribution is -2.54. The van der Waals surface area contributed by atoms with E-state index in [1.165, 1.54) is 0 Å². The van der Waals surface area contributed by atoms with E-state index in [0.29, 0.717) is 24.4 Å². The molecule has 6 nitrogen and oxygen atoms in total. The smallest absolute Gasteiger partial charge is 0.324 e. The van der Waals surface area contributed by atoms with Gasteiger partial charge in [-0.1, -0.05) is 42.8 Å². The molecule has 1 aromatic carbocycles. The maximum atomic E-state index is 13.0. The molecule has 0 aromatic heterocycles. The minimum Gasteiger partial charge on any atom is -0.324 e. The van der Waals surface area contributed by atoms with E-state index >= 15 is 0 Å². The lowest BCUT2D eigenvalue weighted by Gasteiger charge is -2.43. The van der Waals surface area contributed by atoms with Gasteiger partial charge in [0.15, 0.2) is 0 Å². The molecule has 1 spiro atoms. The monoisotopic (exact) mass is 421 g/mol. The topological polar surface area (TPSA) is 78.5 Å². The summed E-state index contributed by atoms with van der Waals surface area (Å²) in [5.74, 6) is -0.350. The molecule has 2 atom stereocenters. The Balaban J connectivity index is 1.72. The number of halogens is 1. The highest BCUT2D eigenvalue weighted by Crippen LogP contribution is 2.46. The number of carbonyl (C=O) groups excluding carboxylic acids is 3. The van der Waals surface area contributed by atoms with Gasteiger partial charge < -0.3 is 10.6 Å². The van der Waals surface area contributed by atoms with E-state index in [1.807, 2.05) is 6.07 Å². The Kier molecular flexibility index (Phi) is 4.86. The minimum absolute atomic E-state index is 0.0325. The van der Waals surface area contributed by atoms with E-state index in [-0.39, 0.29) is 17.9 Å². The molecule has 1 aliphatic carbocycles. The molecule has 140 valence electrons. The number of hydrogen-bond acceptors (Lipinski definition) is 3. The van der Waals surface area contributed by atoms with Crippen molar-refractivity contribution in [1.82, 2.24) is 10.2 Å². The van der Waals surface area contributed by atoms with Crippen LogP contribution in [0.4, 0.5) is 10.5 Å². The standard InChI is InChI=1S/C19H24BrN3O3/c1-12-8-18(2,3)11-19(9-12)16(25)23(17(26)22-19)10-15(24)21-14-6-4-5-13(20)7-14/h4-7,12H,8-11H2,1-3H3,(H,21,24)(H,22,26)/t12-,19-/m0/s1. The van der Waals surface area contributed by atoms with Crippen LogP contribution in [0, 0.1) is 11.3 Å². The number of hydrogen-bond donors (Lipinski definition) is 2. The molecule has 26 heavy (non-hydrogen) atoms. The molecule has 2 fully saturated rings. The molecule has 7 heteroatoms.